The Hall–Kier alpha value is -1.31. The molecule has 0 amide bonds. The minimum absolute atomic E-state index is 0.102. The highest BCUT2D eigenvalue weighted by molar-refractivity contribution is 7.89. The molecule has 0 aromatic heterocycles. The maximum absolute atomic E-state index is 12.3. The minimum atomic E-state index is -3.61. The molecule has 1 atom stereocenters. The number of benzene rings is 1. The number of nitrogens with two attached hydrogens (primary N) is 1. The fourth-order valence-corrected chi connectivity index (χ4v) is 3.04. The first-order valence-corrected chi connectivity index (χ1v) is 8.43. The summed E-state index contributed by atoms with van der Waals surface area (Å²) in [6, 6.07) is 4.91. The number of rotatable bonds is 8. The van der Waals surface area contributed by atoms with E-state index in [0.29, 0.717) is 24.8 Å². The number of ether oxygens (including phenoxy) is 1. The molecular weight excluding hydrogens is 290 g/mol. The Balaban J connectivity index is 2.74. The van der Waals surface area contributed by atoms with E-state index >= 15 is 0 Å². The summed E-state index contributed by atoms with van der Waals surface area (Å²) in [6.07, 6.45) is 1.02. The van der Waals surface area contributed by atoms with Crippen LogP contribution in [0, 0.1) is 0 Å². The Labute approximate surface area is 127 Å². The summed E-state index contributed by atoms with van der Waals surface area (Å²) < 4.78 is 32.3. The highest BCUT2D eigenvalue weighted by Gasteiger charge is 2.19. The van der Waals surface area contributed by atoms with E-state index in [1.807, 2.05) is 7.05 Å². The van der Waals surface area contributed by atoms with Crippen molar-refractivity contribution in [1.29, 1.82) is 0 Å². The number of methoxy groups -OCH3 is 1. The summed E-state index contributed by atoms with van der Waals surface area (Å²) in [6.45, 7) is 5.20. The molecule has 1 aromatic carbocycles. The first-order valence-electron chi connectivity index (χ1n) is 6.95. The Kier molecular flexibility index (Phi) is 6.44. The van der Waals surface area contributed by atoms with Crippen molar-refractivity contribution in [2.45, 2.75) is 31.2 Å². The fraction of sp³-hybridized carbons (Fsp3) is 0.571. The molecule has 21 heavy (non-hydrogen) atoms. The van der Waals surface area contributed by atoms with Gasteiger partial charge in [-0.2, -0.15) is 0 Å². The van der Waals surface area contributed by atoms with Crippen molar-refractivity contribution in [3.8, 4) is 5.75 Å². The van der Waals surface area contributed by atoms with Gasteiger partial charge in [-0.05, 0) is 32.5 Å². The van der Waals surface area contributed by atoms with Crippen LogP contribution in [0.3, 0.4) is 0 Å². The summed E-state index contributed by atoms with van der Waals surface area (Å²) in [4.78, 5) is 2.22. The largest absolute Gasteiger partial charge is 0.495 e. The van der Waals surface area contributed by atoms with Crippen LogP contribution in [0.15, 0.2) is 23.1 Å². The zero-order valence-electron chi connectivity index (χ0n) is 13.1. The zero-order chi connectivity index (χ0) is 16.0. The predicted molar refractivity (Wildman–Crippen MR) is 85.0 cm³/mol. The van der Waals surface area contributed by atoms with E-state index < -0.39 is 10.0 Å². The molecule has 1 unspecified atom stereocenters. The molecule has 3 N–H and O–H groups in total. The van der Waals surface area contributed by atoms with Crippen LogP contribution >= 0.6 is 0 Å². The van der Waals surface area contributed by atoms with Gasteiger partial charge in [-0.25, -0.2) is 13.1 Å². The van der Waals surface area contributed by atoms with Gasteiger partial charge in [-0.15, -0.1) is 0 Å². The molecule has 0 saturated heterocycles. The molecule has 0 fully saturated rings. The summed E-state index contributed by atoms with van der Waals surface area (Å²) in [5, 5.41) is 0. The molecule has 0 aliphatic carbocycles. The normalized spacial score (nSPS) is 13.4. The smallest absolute Gasteiger partial charge is 0.244 e. The summed E-state index contributed by atoms with van der Waals surface area (Å²) >= 11 is 0. The summed E-state index contributed by atoms with van der Waals surface area (Å²) in [5.74, 6) is 0.248. The van der Waals surface area contributed by atoms with Crippen LogP contribution in [0.2, 0.25) is 0 Å². The SMILES string of the molecule is CCC(C)N(C)CCNS(=O)(=O)c1ccc(N)cc1OC. The molecule has 0 saturated carbocycles. The van der Waals surface area contributed by atoms with Gasteiger partial charge in [0.2, 0.25) is 10.0 Å². The van der Waals surface area contributed by atoms with E-state index in [9.17, 15) is 8.42 Å². The number of hydrogen-bond acceptors (Lipinski definition) is 5. The molecule has 0 radical (unpaired) electrons. The highest BCUT2D eigenvalue weighted by Crippen LogP contribution is 2.25. The standard InChI is InChI=1S/C14H25N3O3S/c1-5-11(2)17(3)9-8-16-21(18,19)14-7-6-12(15)10-13(14)20-4/h6-7,10-11,16H,5,8-9,15H2,1-4H3. The number of nitrogens with zero attached hydrogens (tertiary/aromatic N) is 1. The van der Waals surface area contributed by atoms with E-state index in [0.717, 1.165) is 6.42 Å². The lowest BCUT2D eigenvalue weighted by Gasteiger charge is -2.23. The second-order valence-corrected chi connectivity index (χ2v) is 6.78. The molecule has 1 aromatic rings. The summed E-state index contributed by atoms with van der Waals surface area (Å²) in [5.41, 5.74) is 6.09. The Bertz CT molecular complexity index is 561. The van der Waals surface area contributed by atoms with Crippen LogP contribution < -0.4 is 15.2 Å². The number of sulfonamides is 1. The van der Waals surface area contributed by atoms with Crippen molar-refractivity contribution in [1.82, 2.24) is 9.62 Å². The number of hydrogen-bond donors (Lipinski definition) is 2. The van der Waals surface area contributed by atoms with E-state index in [2.05, 4.69) is 23.5 Å². The van der Waals surface area contributed by atoms with Crippen molar-refractivity contribution in [3.05, 3.63) is 18.2 Å². The zero-order valence-corrected chi connectivity index (χ0v) is 13.9. The first kappa shape index (κ1) is 17.7. The van der Waals surface area contributed by atoms with Crippen LogP contribution in [-0.4, -0.2) is 46.6 Å². The Morgan fingerprint density at radius 2 is 2.10 bits per heavy atom. The lowest BCUT2D eigenvalue weighted by molar-refractivity contribution is 0.256. The van der Waals surface area contributed by atoms with Crippen LogP contribution in [-0.2, 0) is 10.0 Å². The van der Waals surface area contributed by atoms with Crippen molar-refractivity contribution in [2.24, 2.45) is 0 Å². The second-order valence-electron chi connectivity index (χ2n) is 5.05. The van der Waals surface area contributed by atoms with E-state index in [1.165, 1.54) is 19.2 Å². The number of anilines is 1. The molecule has 6 nitrogen and oxygen atoms in total. The third-order valence-corrected chi connectivity index (χ3v) is 5.08. The average Bonchev–Trinajstić information content (AvgIpc) is 2.45. The lowest BCUT2D eigenvalue weighted by atomic mass is 10.2. The van der Waals surface area contributed by atoms with Gasteiger partial charge < -0.3 is 15.4 Å². The first-order chi connectivity index (χ1) is 9.81. The summed E-state index contributed by atoms with van der Waals surface area (Å²) in [7, 11) is -0.206. The van der Waals surface area contributed by atoms with Gasteiger partial charge in [0.05, 0.1) is 7.11 Å². The number of nitrogen functional groups attached to an aromatic ring is 1. The third kappa shape index (κ3) is 4.87. The van der Waals surface area contributed by atoms with Gasteiger partial charge in [-0.1, -0.05) is 6.92 Å². The predicted octanol–water partition coefficient (Wildman–Crippen LogP) is 1.29. The maximum Gasteiger partial charge on any atom is 0.244 e. The molecule has 120 valence electrons. The van der Waals surface area contributed by atoms with E-state index in [1.54, 1.807) is 6.07 Å². The Morgan fingerprint density at radius 1 is 1.43 bits per heavy atom. The van der Waals surface area contributed by atoms with Gasteiger partial charge in [0.15, 0.2) is 0 Å². The van der Waals surface area contributed by atoms with E-state index in [-0.39, 0.29) is 10.6 Å². The van der Waals surface area contributed by atoms with Gasteiger partial charge in [0, 0.05) is 30.9 Å². The van der Waals surface area contributed by atoms with Crippen LogP contribution in [0.5, 0.6) is 5.75 Å². The van der Waals surface area contributed by atoms with Gasteiger partial charge in [0.25, 0.3) is 0 Å². The second kappa shape index (κ2) is 7.63. The topological polar surface area (TPSA) is 84.7 Å². The molecule has 0 aliphatic heterocycles. The van der Waals surface area contributed by atoms with Gasteiger partial charge >= 0.3 is 0 Å². The van der Waals surface area contributed by atoms with Crippen molar-refractivity contribution in [2.75, 3.05) is 33.0 Å². The molecule has 0 heterocycles. The fourth-order valence-electron chi connectivity index (χ4n) is 1.87. The lowest BCUT2D eigenvalue weighted by Crippen LogP contribution is -2.37. The number of nitrogens with one attached hydrogen (secondary N) is 1. The van der Waals surface area contributed by atoms with Crippen LogP contribution in [0.1, 0.15) is 20.3 Å². The minimum Gasteiger partial charge on any atom is -0.495 e. The van der Waals surface area contributed by atoms with Gasteiger partial charge in [-0.3, -0.25) is 0 Å². The van der Waals surface area contributed by atoms with Crippen molar-refractivity contribution >= 4 is 15.7 Å². The molecule has 0 spiro atoms. The monoisotopic (exact) mass is 315 g/mol. The average molecular weight is 315 g/mol. The maximum atomic E-state index is 12.3. The van der Waals surface area contributed by atoms with Crippen molar-refractivity contribution in [3.63, 3.8) is 0 Å². The number of likely N-dealkylation sites (N-methyl/N-ethyl adjacent to an activating group) is 1. The molecule has 1 rings (SSSR count). The molecule has 7 heteroatoms. The quantitative estimate of drug-likeness (QED) is 0.706. The van der Waals surface area contributed by atoms with Crippen molar-refractivity contribution < 1.29 is 13.2 Å². The molecular formula is C14H25N3O3S. The van der Waals surface area contributed by atoms with Gasteiger partial charge in [0.1, 0.15) is 10.6 Å². The molecule has 0 aliphatic rings. The highest BCUT2D eigenvalue weighted by atomic mass is 32.2. The van der Waals surface area contributed by atoms with E-state index in [4.69, 9.17) is 10.5 Å². The van der Waals surface area contributed by atoms with Crippen LogP contribution in [0.4, 0.5) is 5.69 Å². The Morgan fingerprint density at radius 3 is 2.67 bits per heavy atom. The van der Waals surface area contributed by atoms with Crippen LogP contribution in [0.25, 0.3) is 0 Å². The third-order valence-electron chi connectivity index (χ3n) is 3.58. The molecule has 0 bridgehead atoms.